The molecule has 45 heavy (non-hydrogen) atoms. The van der Waals surface area contributed by atoms with E-state index in [9.17, 15) is 19.2 Å². The molecule has 3 aromatic rings. The maximum atomic E-state index is 13.7. The van der Waals surface area contributed by atoms with E-state index >= 15 is 0 Å². The van der Waals surface area contributed by atoms with Gasteiger partial charge in [0, 0.05) is 33.8 Å². The molecule has 2 N–H and O–H groups in total. The summed E-state index contributed by atoms with van der Waals surface area (Å²) >= 11 is 4.41. The molecule has 3 heterocycles. The number of allylic oxidation sites excluding steroid dienone is 2. The van der Waals surface area contributed by atoms with Crippen LogP contribution in [0.5, 0.6) is 0 Å². The fraction of sp³-hybridized carbons (Fsp3) is 0.273. The van der Waals surface area contributed by atoms with Crippen molar-refractivity contribution in [2.45, 2.75) is 53.1 Å². The Labute approximate surface area is 274 Å². The van der Waals surface area contributed by atoms with Gasteiger partial charge < -0.3 is 20.3 Å². The molecule has 232 valence electrons. The zero-order chi connectivity index (χ0) is 31.7. The van der Waals surface area contributed by atoms with Gasteiger partial charge in [-0.25, -0.2) is 9.59 Å². The number of thiophene rings is 1. The highest BCUT2D eigenvalue weighted by atomic mass is 32.2. The Balaban J connectivity index is 1.15. The number of thioether (sulfide) groups is 2. The lowest BCUT2D eigenvalue weighted by molar-refractivity contribution is -0.129. The molecule has 1 aliphatic carbocycles. The molecule has 3 aliphatic rings. The molecular formula is C33H32N4O5S3. The molecule has 3 atom stereocenters. The number of ether oxygens (including phenoxy) is 1. The van der Waals surface area contributed by atoms with Crippen LogP contribution in [0.25, 0.3) is 0 Å². The third kappa shape index (κ3) is 6.40. The first kappa shape index (κ1) is 31.0. The van der Waals surface area contributed by atoms with E-state index in [4.69, 9.17) is 4.74 Å². The number of rotatable bonds is 6. The van der Waals surface area contributed by atoms with Crippen LogP contribution in [0.2, 0.25) is 0 Å². The molecule has 2 aliphatic heterocycles. The van der Waals surface area contributed by atoms with E-state index in [1.54, 1.807) is 23.6 Å². The van der Waals surface area contributed by atoms with E-state index in [0.717, 1.165) is 25.9 Å². The van der Waals surface area contributed by atoms with Crippen LogP contribution < -0.4 is 15.5 Å². The zero-order valence-electron chi connectivity index (χ0n) is 24.9. The molecule has 2 aromatic carbocycles. The van der Waals surface area contributed by atoms with Gasteiger partial charge >= 0.3 is 12.0 Å². The third-order valence-corrected chi connectivity index (χ3v) is 11.4. The van der Waals surface area contributed by atoms with Gasteiger partial charge in [-0.1, -0.05) is 42.5 Å². The fourth-order valence-electron chi connectivity index (χ4n) is 5.61. The Hall–Kier alpha value is -4.00. The maximum absolute atomic E-state index is 13.7. The summed E-state index contributed by atoms with van der Waals surface area (Å²) in [5.74, 6) is -0.814. The maximum Gasteiger partial charge on any atom is 0.341 e. The quantitative estimate of drug-likeness (QED) is 0.228. The van der Waals surface area contributed by atoms with Crippen molar-refractivity contribution in [1.82, 2.24) is 4.90 Å². The van der Waals surface area contributed by atoms with E-state index in [0.29, 0.717) is 35.8 Å². The number of esters is 1. The molecule has 9 nitrogen and oxygen atoms in total. The normalized spacial score (nSPS) is 18.7. The van der Waals surface area contributed by atoms with E-state index in [1.165, 1.54) is 37.1 Å². The van der Waals surface area contributed by atoms with Gasteiger partial charge in [-0.15, -0.1) is 34.9 Å². The van der Waals surface area contributed by atoms with Crippen LogP contribution >= 0.6 is 34.9 Å². The van der Waals surface area contributed by atoms with Crippen LogP contribution in [0.1, 0.15) is 34.6 Å². The molecule has 0 radical (unpaired) electrons. The molecule has 0 spiro atoms. The van der Waals surface area contributed by atoms with Crippen molar-refractivity contribution >= 4 is 75.1 Å². The Bertz CT molecular complexity index is 1730. The Morgan fingerprint density at radius 2 is 1.84 bits per heavy atom. The first-order valence-corrected chi connectivity index (χ1v) is 17.1. The number of carbonyl (C=O) groups is 4. The highest BCUT2D eigenvalue weighted by Crippen LogP contribution is 2.44. The Morgan fingerprint density at radius 3 is 2.64 bits per heavy atom. The Kier molecular flexibility index (Phi) is 9.06. The number of methoxy groups -OCH3 is 1. The number of carbonyl (C=O) groups excluding carboxylic acids is 4. The molecule has 3 unspecified atom stereocenters. The van der Waals surface area contributed by atoms with E-state index in [2.05, 4.69) is 22.8 Å². The summed E-state index contributed by atoms with van der Waals surface area (Å²) in [7, 11) is 1.32. The largest absolute Gasteiger partial charge is 0.465 e. The van der Waals surface area contributed by atoms with E-state index < -0.39 is 11.2 Å². The summed E-state index contributed by atoms with van der Waals surface area (Å²) in [6.45, 7) is 4.22. The number of amides is 4. The third-order valence-electron chi connectivity index (χ3n) is 7.86. The molecule has 6 rings (SSSR count). The zero-order valence-corrected chi connectivity index (χ0v) is 27.4. The van der Waals surface area contributed by atoms with Crippen LogP contribution in [0.15, 0.2) is 82.6 Å². The second kappa shape index (κ2) is 13.2. The first-order chi connectivity index (χ1) is 21.7. The molecule has 12 heteroatoms. The number of nitrogens with zero attached hydrogens (tertiary/aromatic N) is 2. The number of hydrogen-bond acceptors (Lipinski definition) is 8. The SMILES string of the molecule is COC(=O)c1c(NC(=O)C(C)Sc2cccc(NC(=O)N3c4ccccc4SC4C=CC=CC43)c2)sc2c1CCN(C(C)=O)C2. The summed E-state index contributed by atoms with van der Waals surface area (Å²) in [5, 5.41) is 6.04. The van der Waals surface area contributed by atoms with Crippen molar-refractivity contribution in [2.24, 2.45) is 0 Å². The number of benzene rings is 2. The topological polar surface area (TPSA) is 108 Å². The van der Waals surface area contributed by atoms with E-state index in [1.807, 2.05) is 65.6 Å². The second-order valence-electron chi connectivity index (χ2n) is 10.8. The molecule has 0 bridgehead atoms. The Morgan fingerprint density at radius 1 is 1.04 bits per heavy atom. The van der Waals surface area contributed by atoms with E-state index in [-0.39, 0.29) is 29.1 Å². The van der Waals surface area contributed by atoms with Crippen molar-refractivity contribution in [3.8, 4) is 0 Å². The monoisotopic (exact) mass is 660 g/mol. The van der Waals surface area contributed by atoms with Gasteiger partial charge in [0.25, 0.3) is 0 Å². The average molecular weight is 661 g/mol. The van der Waals surface area contributed by atoms with Gasteiger partial charge in [0.2, 0.25) is 11.8 Å². The van der Waals surface area contributed by atoms with Crippen molar-refractivity contribution < 1.29 is 23.9 Å². The average Bonchev–Trinajstić information content (AvgIpc) is 3.40. The van der Waals surface area contributed by atoms with Crippen LogP contribution in [0, 0.1) is 0 Å². The summed E-state index contributed by atoms with van der Waals surface area (Å²) in [4.78, 5) is 58.0. The summed E-state index contributed by atoms with van der Waals surface area (Å²) in [5.41, 5.74) is 2.67. The van der Waals surface area contributed by atoms with Crippen LogP contribution in [-0.2, 0) is 27.3 Å². The lowest BCUT2D eigenvalue weighted by Crippen LogP contribution is -2.49. The predicted octanol–water partition coefficient (Wildman–Crippen LogP) is 6.57. The van der Waals surface area contributed by atoms with Gasteiger partial charge in [-0.05, 0) is 49.2 Å². The summed E-state index contributed by atoms with van der Waals surface area (Å²) in [6.07, 6.45) is 8.68. The molecule has 0 saturated heterocycles. The predicted molar refractivity (Wildman–Crippen MR) is 180 cm³/mol. The minimum Gasteiger partial charge on any atom is -0.465 e. The standard InChI is InChI=1S/C33H32N4O5S3/c1-19(30(39)35-31-29(32(40)42-3)23-15-16-36(20(2)38)18-28(23)45-31)43-22-10-8-9-21(17-22)34-33(41)37-24-11-4-6-13-26(24)44-27-14-7-5-12-25(27)37/h4-14,17,19,24,26H,15-16,18H2,1-3H3,(H,34,41)(H,35,39). The van der Waals surface area contributed by atoms with Crippen molar-refractivity contribution in [2.75, 3.05) is 29.2 Å². The second-order valence-corrected chi connectivity index (χ2v) is 14.5. The number of hydrogen-bond donors (Lipinski definition) is 2. The summed E-state index contributed by atoms with van der Waals surface area (Å²) in [6, 6.07) is 15.0. The minimum atomic E-state index is -0.514. The minimum absolute atomic E-state index is 0.0328. The van der Waals surface area contributed by atoms with Gasteiger partial charge in [-0.2, -0.15) is 0 Å². The number of anilines is 3. The molecule has 0 fully saturated rings. The van der Waals surface area contributed by atoms with Gasteiger partial charge in [0.15, 0.2) is 0 Å². The number of nitrogens with one attached hydrogen (secondary N) is 2. The highest BCUT2D eigenvalue weighted by molar-refractivity contribution is 8.00. The van der Waals surface area contributed by atoms with Gasteiger partial charge in [0.05, 0.1) is 41.4 Å². The van der Waals surface area contributed by atoms with Crippen LogP contribution in [-0.4, -0.2) is 58.9 Å². The van der Waals surface area contributed by atoms with Crippen molar-refractivity contribution in [3.63, 3.8) is 0 Å². The van der Waals surface area contributed by atoms with Gasteiger partial charge in [-0.3, -0.25) is 14.5 Å². The molecular weight excluding hydrogens is 629 g/mol. The first-order valence-electron chi connectivity index (χ1n) is 14.5. The lowest BCUT2D eigenvalue weighted by Gasteiger charge is -2.40. The number of para-hydroxylation sites is 1. The lowest BCUT2D eigenvalue weighted by atomic mass is 10.0. The fourth-order valence-corrected chi connectivity index (χ4v) is 9.04. The molecule has 4 amide bonds. The molecule has 0 saturated carbocycles. The number of fused-ring (bicyclic) bond motifs is 3. The smallest absolute Gasteiger partial charge is 0.341 e. The van der Waals surface area contributed by atoms with Gasteiger partial charge in [0.1, 0.15) is 5.00 Å². The summed E-state index contributed by atoms with van der Waals surface area (Å²) < 4.78 is 5.04. The van der Waals surface area contributed by atoms with Crippen LogP contribution in [0.3, 0.4) is 0 Å². The molecule has 1 aromatic heterocycles. The number of urea groups is 1. The van der Waals surface area contributed by atoms with Crippen LogP contribution in [0.4, 0.5) is 21.2 Å². The van der Waals surface area contributed by atoms with Crippen molar-refractivity contribution in [1.29, 1.82) is 0 Å². The van der Waals surface area contributed by atoms with Crippen molar-refractivity contribution in [3.05, 3.63) is 88.8 Å². The highest BCUT2D eigenvalue weighted by Gasteiger charge is 2.37.